The predicted molar refractivity (Wildman–Crippen MR) is 52.2 cm³/mol. The van der Waals surface area contributed by atoms with Gasteiger partial charge in [-0.1, -0.05) is 44.1 Å². The molecule has 0 aromatic carbocycles. The Bertz CT molecular complexity index is 181. The molecule has 0 saturated carbocycles. The van der Waals surface area contributed by atoms with Crippen LogP contribution in [0.4, 0.5) is 0 Å². The van der Waals surface area contributed by atoms with Crippen molar-refractivity contribution < 1.29 is 4.74 Å². The first-order chi connectivity index (χ1) is 5.83. The van der Waals surface area contributed by atoms with Crippen LogP contribution in [-0.2, 0) is 4.74 Å². The van der Waals surface area contributed by atoms with Gasteiger partial charge in [0.15, 0.2) is 0 Å². The standard InChI is InChI=1S/C11H18O/c1-3-4-8-11(12-2)9-6-5-7-10-11/h5-7,9H,3-4,8,10H2,1-2H3. The zero-order valence-corrected chi connectivity index (χ0v) is 8.05. The van der Waals surface area contributed by atoms with Crippen molar-refractivity contribution in [1.29, 1.82) is 0 Å². The van der Waals surface area contributed by atoms with E-state index in [-0.39, 0.29) is 5.60 Å². The Kier molecular flexibility index (Phi) is 3.54. The van der Waals surface area contributed by atoms with Gasteiger partial charge in [0, 0.05) is 7.11 Å². The quantitative estimate of drug-likeness (QED) is 0.623. The first-order valence-corrected chi connectivity index (χ1v) is 4.72. The number of ether oxygens (including phenoxy) is 1. The highest BCUT2D eigenvalue weighted by Gasteiger charge is 2.25. The molecule has 0 aliphatic heterocycles. The van der Waals surface area contributed by atoms with Crippen molar-refractivity contribution >= 4 is 0 Å². The maximum absolute atomic E-state index is 5.54. The van der Waals surface area contributed by atoms with Gasteiger partial charge in [0.25, 0.3) is 0 Å². The van der Waals surface area contributed by atoms with Gasteiger partial charge in [-0.25, -0.2) is 0 Å². The Morgan fingerprint density at radius 2 is 2.25 bits per heavy atom. The van der Waals surface area contributed by atoms with Gasteiger partial charge in [0.1, 0.15) is 0 Å². The van der Waals surface area contributed by atoms with Crippen molar-refractivity contribution in [3.63, 3.8) is 0 Å². The Morgan fingerprint density at radius 1 is 1.42 bits per heavy atom. The van der Waals surface area contributed by atoms with Crippen LogP contribution >= 0.6 is 0 Å². The third-order valence-corrected chi connectivity index (χ3v) is 2.47. The fourth-order valence-electron chi connectivity index (χ4n) is 1.56. The molecule has 0 aromatic rings. The van der Waals surface area contributed by atoms with Crippen molar-refractivity contribution in [2.45, 2.75) is 38.2 Å². The van der Waals surface area contributed by atoms with Gasteiger partial charge in [-0.3, -0.25) is 0 Å². The number of hydrogen-bond acceptors (Lipinski definition) is 1. The van der Waals surface area contributed by atoms with Gasteiger partial charge < -0.3 is 4.74 Å². The molecule has 0 amide bonds. The summed E-state index contributed by atoms with van der Waals surface area (Å²) in [5, 5.41) is 0. The highest BCUT2D eigenvalue weighted by molar-refractivity contribution is 5.18. The molecule has 0 bridgehead atoms. The van der Waals surface area contributed by atoms with Crippen LogP contribution in [-0.4, -0.2) is 12.7 Å². The zero-order chi connectivity index (χ0) is 8.86. The lowest BCUT2D eigenvalue weighted by Gasteiger charge is -2.29. The lowest BCUT2D eigenvalue weighted by molar-refractivity contribution is 0.0248. The summed E-state index contributed by atoms with van der Waals surface area (Å²) in [7, 11) is 1.80. The van der Waals surface area contributed by atoms with E-state index in [1.807, 2.05) is 0 Å². The molecule has 1 rings (SSSR count). The van der Waals surface area contributed by atoms with Crippen molar-refractivity contribution in [3.05, 3.63) is 24.3 Å². The lowest BCUT2D eigenvalue weighted by Crippen LogP contribution is -2.29. The summed E-state index contributed by atoms with van der Waals surface area (Å²) in [4.78, 5) is 0. The van der Waals surface area contributed by atoms with Crippen LogP contribution in [0.15, 0.2) is 24.3 Å². The first kappa shape index (κ1) is 9.53. The van der Waals surface area contributed by atoms with Crippen molar-refractivity contribution in [1.82, 2.24) is 0 Å². The summed E-state index contributed by atoms with van der Waals surface area (Å²) in [6.07, 6.45) is 13.2. The van der Waals surface area contributed by atoms with Crippen LogP contribution in [0, 0.1) is 0 Å². The van der Waals surface area contributed by atoms with E-state index in [2.05, 4.69) is 31.2 Å². The van der Waals surface area contributed by atoms with Gasteiger partial charge in [-0.15, -0.1) is 0 Å². The van der Waals surface area contributed by atoms with Crippen molar-refractivity contribution in [2.24, 2.45) is 0 Å². The third-order valence-electron chi connectivity index (χ3n) is 2.47. The highest BCUT2D eigenvalue weighted by atomic mass is 16.5. The lowest BCUT2D eigenvalue weighted by atomic mass is 9.89. The van der Waals surface area contributed by atoms with Crippen molar-refractivity contribution in [3.8, 4) is 0 Å². The molecule has 1 atom stereocenters. The maximum atomic E-state index is 5.54. The van der Waals surface area contributed by atoms with E-state index in [0.29, 0.717) is 0 Å². The first-order valence-electron chi connectivity index (χ1n) is 4.72. The highest BCUT2D eigenvalue weighted by Crippen LogP contribution is 2.27. The number of hydrogen-bond donors (Lipinski definition) is 0. The Labute approximate surface area is 75.1 Å². The summed E-state index contributed by atoms with van der Waals surface area (Å²) >= 11 is 0. The molecule has 1 nitrogen and oxygen atoms in total. The van der Waals surface area contributed by atoms with Gasteiger partial charge in [0.2, 0.25) is 0 Å². The van der Waals surface area contributed by atoms with Crippen LogP contribution in [0.25, 0.3) is 0 Å². The van der Waals surface area contributed by atoms with Gasteiger partial charge in [-0.2, -0.15) is 0 Å². The molecule has 0 heterocycles. The monoisotopic (exact) mass is 166 g/mol. The van der Waals surface area contributed by atoms with E-state index in [1.165, 1.54) is 12.8 Å². The molecule has 1 unspecified atom stereocenters. The summed E-state index contributed by atoms with van der Waals surface area (Å²) in [6, 6.07) is 0. The van der Waals surface area contributed by atoms with Crippen LogP contribution in [0.2, 0.25) is 0 Å². The second-order valence-electron chi connectivity index (χ2n) is 3.36. The van der Waals surface area contributed by atoms with E-state index < -0.39 is 0 Å². The molecular weight excluding hydrogens is 148 g/mol. The van der Waals surface area contributed by atoms with E-state index >= 15 is 0 Å². The number of allylic oxidation sites excluding steroid dienone is 2. The Morgan fingerprint density at radius 3 is 2.75 bits per heavy atom. The average molecular weight is 166 g/mol. The second-order valence-corrected chi connectivity index (χ2v) is 3.36. The fourth-order valence-corrected chi connectivity index (χ4v) is 1.56. The van der Waals surface area contributed by atoms with Gasteiger partial charge in [0.05, 0.1) is 5.60 Å². The number of rotatable bonds is 4. The molecule has 1 aliphatic carbocycles. The topological polar surface area (TPSA) is 9.23 Å². The maximum Gasteiger partial charge on any atom is 0.0896 e. The molecule has 1 aliphatic rings. The molecule has 0 saturated heterocycles. The van der Waals surface area contributed by atoms with Crippen molar-refractivity contribution in [2.75, 3.05) is 7.11 Å². The minimum absolute atomic E-state index is 0.00472. The Balaban J connectivity index is 2.51. The molecule has 0 aromatic heterocycles. The van der Waals surface area contributed by atoms with Crippen LogP contribution in [0.3, 0.4) is 0 Å². The summed E-state index contributed by atoms with van der Waals surface area (Å²) < 4.78 is 5.54. The van der Waals surface area contributed by atoms with E-state index in [1.54, 1.807) is 7.11 Å². The Hall–Kier alpha value is -0.560. The van der Waals surface area contributed by atoms with E-state index in [4.69, 9.17) is 4.74 Å². The minimum Gasteiger partial charge on any atom is -0.374 e. The average Bonchev–Trinajstić information content (AvgIpc) is 2.16. The molecular formula is C11H18O. The molecule has 0 fully saturated rings. The normalized spacial score (nSPS) is 27.8. The van der Waals surface area contributed by atoms with Gasteiger partial charge in [-0.05, 0) is 12.8 Å². The van der Waals surface area contributed by atoms with Gasteiger partial charge >= 0.3 is 0 Å². The molecule has 1 heteroatoms. The second kappa shape index (κ2) is 4.46. The number of methoxy groups -OCH3 is 1. The molecule has 0 radical (unpaired) electrons. The van der Waals surface area contributed by atoms with E-state index in [9.17, 15) is 0 Å². The molecule has 0 spiro atoms. The number of unbranched alkanes of at least 4 members (excludes halogenated alkanes) is 1. The van der Waals surface area contributed by atoms with Crippen LogP contribution < -0.4 is 0 Å². The fraction of sp³-hybridized carbons (Fsp3) is 0.636. The zero-order valence-electron chi connectivity index (χ0n) is 8.05. The minimum atomic E-state index is 0.00472. The van der Waals surface area contributed by atoms with E-state index in [0.717, 1.165) is 12.8 Å². The van der Waals surface area contributed by atoms with Crippen LogP contribution in [0.5, 0.6) is 0 Å². The van der Waals surface area contributed by atoms with Crippen LogP contribution in [0.1, 0.15) is 32.6 Å². The summed E-state index contributed by atoms with van der Waals surface area (Å²) in [5.74, 6) is 0. The SMILES string of the molecule is CCCCC1(OC)C=CC=CC1. The molecule has 0 N–H and O–H groups in total. The predicted octanol–water partition coefficient (Wildman–Crippen LogP) is 3.08. The largest absolute Gasteiger partial charge is 0.374 e. The smallest absolute Gasteiger partial charge is 0.0896 e. The summed E-state index contributed by atoms with van der Waals surface area (Å²) in [6.45, 7) is 2.21. The molecule has 12 heavy (non-hydrogen) atoms. The summed E-state index contributed by atoms with van der Waals surface area (Å²) in [5.41, 5.74) is 0.00472. The molecule has 68 valence electrons. The third kappa shape index (κ3) is 2.21.